The number of carbonyl (C=O) groups excluding carboxylic acids is 2. The van der Waals surface area contributed by atoms with E-state index >= 15 is 0 Å². The molecular formula is C9H12NO9P. The molecule has 2 rings (SSSR count). The lowest BCUT2D eigenvalue weighted by Crippen LogP contribution is -2.36. The average molecular weight is 309 g/mol. The van der Waals surface area contributed by atoms with E-state index in [1.165, 1.54) is 0 Å². The molecular weight excluding hydrogens is 297 g/mol. The maximum absolute atomic E-state index is 11.4. The maximum Gasteiger partial charge on any atom is 0.469 e. The van der Waals surface area contributed by atoms with Gasteiger partial charge in [-0.25, -0.2) is 4.57 Å². The van der Waals surface area contributed by atoms with Crippen LogP contribution in [0.1, 0.15) is 0 Å². The Morgan fingerprint density at radius 1 is 1.30 bits per heavy atom. The number of ether oxygens (including phenoxy) is 1. The van der Waals surface area contributed by atoms with Gasteiger partial charge in [0.15, 0.2) is 0 Å². The Balaban J connectivity index is 2.07. The third-order valence-electron chi connectivity index (χ3n) is 2.86. The van der Waals surface area contributed by atoms with E-state index in [9.17, 15) is 24.4 Å². The number of aliphatic hydroxyl groups is 2. The van der Waals surface area contributed by atoms with Crippen LogP contribution in [0.3, 0.4) is 0 Å². The second-order valence-corrected chi connectivity index (χ2v) is 5.52. The molecule has 0 radical (unpaired) electrons. The molecule has 20 heavy (non-hydrogen) atoms. The lowest BCUT2D eigenvalue weighted by atomic mass is 10.0. The highest BCUT2D eigenvalue weighted by Gasteiger charge is 2.47. The predicted octanol–water partition coefficient (Wildman–Crippen LogP) is -2.83. The number of amides is 2. The Bertz CT molecular complexity index is 512. The van der Waals surface area contributed by atoms with E-state index in [0.717, 1.165) is 6.08 Å². The van der Waals surface area contributed by atoms with E-state index in [1.54, 1.807) is 0 Å². The summed E-state index contributed by atoms with van der Waals surface area (Å²) in [5.41, 5.74) is -0.166. The first-order valence-corrected chi connectivity index (χ1v) is 7.00. The Kier molecular flexibility index (Phi) is 4.07. The summed E-state index contributed by atoms with van der Waals surface area (Å²) in [6.45, 7) is -0.679. The fourth-order valence-electron chi connectivity index (χ4n) is 1.95. The maximum atomic E-state index is 11.4. The number of phosphoric ester groups is 1. The van der Waals surface area contributed by atoms with Gasteiger partial charge in [-0.2, -0.15) is 0 Å². The van der Waals surface area contributed by atoms with Gasteiger partial charge in [0.25, 0.3) is 11.8 Å². The largest absolute Gasteiger partial charge is 0.469 e. The van der Waals surface area contributed by atoms with Gasteiger partial charge in [0.1, 0.15) is 24.4 Å². The van der Waals surface area contributed by atoms with Gasteiger partial charge in [0.2, 0.25) is 0 Å². The summed E-state index contributed by atoms with van der Waals surface area (Å²) < 4.78 is 19.9. The average Bonchev–Trinajstić information content (AvgIpc) is 2.78. The Morgan fingerprint density at radius 2 is 1.95 bits per heavy atom. The summed E-state index contributed by atoms with van der Waals surface area (Å²) >= 11 is 0. The highest BCUT2D eigenvalue weighted by molar-refractivity contribution is 7.46. The molecule has 112 valence electrons. The first-order valence-electron chi connectivity index (χ1n) is 5.47. The van der Waals surface area contributed by atoms with Crippen LogP contribution >= 0.6 is 7.82 Å². The van der Waals surface area contributed by atoms with E-state index in [0.29, 0.717) is 0 Å². The number of nitrogens with one attached hydrogen (secondary N) is 1. The van der Waals surface area contributed by atoms with Crippen LogP contribution in [0.4, 0.5) is 0 Å². The molecule has 1 saturated heterocycles. The second-order valence-electron chi connectivity index (χ2n) is 4.28. The number of imide groups is 1. The number of phosphoric acid groups is 1. The highest BCUT2D eigenvalue weighted by Crippen LogP contribution is 2.37. The molecule has 4 atom stereocenters. The van der Waals surface area contributed by atoms with Crippen molar-refractivity contribution in [2.45, 2.75) is 24.4 Å². The van der Waals surface area contributed by atoms with Gasteiger partial charge < -0.3 is 24.7 Å². The molecule has 5 N–H and O–H groups in total. The molecule has 1 fully saturated rings. The van der Waals surface area contributed by atoms with Crippen molar-refractivity contribution in [2.24, 2.45) is 0 Å². The zero-order valence-corrected chi connectivity index (χ0v) is 10.8. The highest BCUT2D eigenvalue weighted by atomic mass is 31.2. The summed E-state index contributed by atoms with van der Waals surface area (Å²) in [6, 6.07) is 0. The van der Waals surface area contributed by atoms with Crippen molar-refractivity contribution in [1.29, 1.82) is 0 Å². The van der Waals surface area contributed by atoms with Gasteiger partial charge in [-0.05, 0) is 0 Å². The number of rotatable bonds is 4. The van der Waals surface area contributed by atoms with Gasteiger partial charge in [0.05, 0.1) is 12.2 Å². The van der Waals surface area contributed by atoms with Crippen LogP contribution in [0.5, 0.6) is 0 Å². The van der Waals surface area contributed by atoms with Crippen molar-refractivity contribution in [3.8, 4) is 0 Å². The van der Waals surface area contributed by atoms with E-state index in [-0.39, 0.29) is 5.57 Å². The number of aliphatic hydroxyl groups excluding tert-OH is 2. The minimum absolute atomic E-state index is 0.166. The van der Waals surface area contributed by atoms with Crippen LogP contribution in [0, 0.1) is 0 Å². The van der Waals surface area contributed by atoms with Crippen LogP contribution in [-0.4, -0.2) is 62.8 Å². The molecule has 10 nitrogen and oxygen atoms in total. The Labute approximate surface area is 112 Å². The summed E-state index contributed by atoms with van der Waals surface area (Å²) in [6.07, 6.45) is -4.64. The zero-order valence-electron chi connectivity index (χ0n) is 9.87. The molecule has 0 unspecified atom stereocenters. The summed E-state index contributed by atoms with van der Waals surface area (Å²) in [7, 11) is -4.75. The van der Waals surface area contributed by atoms with E-state index < -0.39 is 50.7 Å². The monoisotopic (exact) mass is 309 g/mol. The molecule has 2 aliphatic heterocycles. The smallest absolute Gasteiger partial charge is 0.387 e. The van der Waals surface area contributed by atoms with Crippen molar-refractivity contribution >= 4 is 19.6 Å². The molecule has 0 spiro atoms. The minimum atomic E-state index is -4.75. The third kappa shape index (κ3) is 3.13. The predicted molar refractivity (Wildman–Crippen MR) is 59.9 cm³/mol. The van der Waals surface area contributed by atoms with Crippen LogP contribution in [0.25, 0.3) is 0 Å². The van der Waals surface area contributed by atoms with Gasteiger partial charge in [0, 0.05) is 6.08 Å². The quantitative estimate of drug-likeness (QED) is 0.272. The number of hydrogen-bond donors (Lipinski definition) is 5. The van der Waals surface area contributed by atoms with Gasteiger partial charge >= 0.3 is 7.82 Å². The lowest BCUT2D eigenvalue weighted by Gasteiger charge is -2.14. The fraction of sp³-hybridized carbons (Fsp3) is 0.556. The van der Waals surface area contributed by atoms with Crippen molar-refractivity contribution in [3.05, 3.63) is 11.6 Å². The minimum Gasteiger partial charge on any atom is -0.387 e. The molecule has 0 aliphatic carbocycles. The second kappa shape index (κ2) is 5.34. The number of hydrogen-bond acceptors (Lipinski definition) is 7. The van der Waals surface area contributed by atoms with Crippen molar-refractivity contribution < 1.29 is 43.4 Å². The standard InChI is InChI=1S/C9H12NO9P/c11-5-1-3(9(14)10-5)8-7(13)6(12)4(19-8)2-18-20(15,16)17/h1,4,6-8,12-13H,2H2,(H,10,11,14)(H2,15,16,17)/t4-,6-,7-,8+/m1/s1. The Morgan fingerprint density at radius 3 is 2.45 bits per heavy atom. The van der Waals surface area contributed by atoms with Crippen molar-refractivity contribution in [3.63, 3.8) is 0 Å². The fourth-order valence-corrected chi connectivity index (χ4v) is 2.29. The normalized spacial score (nSPS) is 34.3. The summed E-state index contributed by atoms with van der Waals surface area (Å²) in [4.78, 5) is 39.5. The summed E-state index contributed by atoms with van der Waals surface area (Å²) in [5, 5.41) is 21.4. The first kappa shape index (κ1) is 15.3. The van der Waals surface area contributed by atoms with Crippen LogP contribution in [0.15, 0.2) is 11.6 Å². The van der Waals surface area contributed by atoms with Gasteiger partial charge in [-0.3, -0.25) is 19.4 Å². The molecule has 11 heteroatoms. The van der Waals surface area contributed by atoms with Gasteiger partial charge in [-0.15, -0.1) is 0 Å². The van der Waals surface area contributed by atoms with Crippen molar-refractivity contribution in [2.75, 3.05) is 6.61 Å². The molecule has 2 heterocycles. The molecule has 0 bridgehead atoms. The molecule has 0 aromatic rings. The van der Waals surface area contributed by atoms with Gasteiger partial charge in [-0.1, -0.05) is 0 Å². The molecule has 2 amide bonds. The van der Waals surface area contributed by atoms with Crippen molar-refractivity contribution in [1.82, 2.24) is 5.32 Å². The zero-order chi connectivity index (χ0) is 15.1. The van der Waals surface area contributed by atoms with E-state index in [4.69, 9.17) is 14.5 Å². The van der Waals surface area contributed by atoms with Crippen LogP contribution in [0.2, 0.25) is 0 Å². The number of carbonyl (C=O) groups is 2. The summed E-state index contributed by atoms with van der Waals surface area (Å²) in [5.74, 6) is -1.44. The van der Waals surface area contributed by atoms with Crippen LogP contribution < -0.4 is 5.32 Å². The van der Waals surface area contributed by atoms with E-state index in [1.807, 2.05) is 5.32 Å². The molecule has 0 saturated carbocycles. The van der Waals surface area contributed by atoms with E-state index in [2.05, 4.69) is 4.52 Å². The first-order chi connectivity index (χ1) is 9.19. The van der Waals surface area contributed by atoms with Crippen LogP contribution in [-0.2, 0) is 23.4 Å². The SMILES string of the molecule is O=C1C=C([C@@H]2O[C@H](COP(=O)(O)O)[C@@H](O)[C@H]2O)C(=O)N1. The molecule has 0 aromatic heterocycles. The Hall–Kier alpha value is -1.13. The lowest BCUT2D eigenvalue weighted by molar-refractivity contribution is -0.124. The molecule has 0 aromatic carbocycles. The molecule has 2 aliphatic rings. The topological polar surface area (TPSA) is 163 Å². The third-order valence-corrected chi connectivity index (χ3v) is 3.35.